The molecule has 0 aromatic carbocycles. The average Bonchev–Trinajstić information content (AvgIpc) is 3.13. The van der Waals surface area contributed by atoms with Gasteiger partial charge in [0.15, 0.2) is 18.0 Å². The van der Waals surface area contributed by atoms with Crippen molar-refractivity contribution in [1.82, 2.24) is 0 Å². The van der Waals surface area contributed by atoms with Gasteiger partial charge in [-0.3, -0.25) is 24.0 Å². The summed E-state index contributed by atoms with van der Waals surface area (Å²) in [6, 6.07) is 0. The third kappa shape index (κ3) is 4.64. The summed E-state index contributed by atoms with van der Waals surface area (Å²) in [5, 5.41) is 0. The highest BCUT2D eigenvalue weighted by Gasteiger charge is 2.71. The first kappa shape index (κ1) is 28.2. The number of hydrogen-bond donors (Lipinski definition) is 0. The maximum Gasteiger partial charge on any atom is 0.306 e. The lowest BCUT2D eigenvalue weighted by Crippen LogP contribution is -2.63. The second-order valence-corrected chi connectivity index (χ2v) is 11.9. The number of rotatable bonds is 8. The molecule has 4 aliphatic rings. The van der Waals surface area contributed by atoms with Crippen LogP contribution in [0.1, 0.15) is 86.0 Å². The minimum atomic E-state index is -1.48. The first-order chi connectivity index (χ1) is 17.9. The highest BCUT2D eigenvalue weighted by atomic mass is 16.6. The number of Topliss-reactive ketones (excluding diaryl/α,β-unsaturated/α-hetero) is 1. The van der Waals surface area contributed by atoms with Crippen molar-refractivity contribution in [2.45, 2.75) is 97.7 Å². The minimum absolute atomic E-state index is 0.0176. The maximum atomic E-state index is 13.8. The number of carbonyl (C=O) groups excluding carboxylic acids is 5. The summed E-state index contributed by atoms with van der Waals surface area (Å²) >= 11 is 0. The molecular formula is C30H40O8. The molecule has 0 aromatic rings. The Balaban J connectivity index is 1.78. The van der Waals surface area contributed by atoms with Crippen LogP contribution >= 0.6 is 0 Å². The molecule has 0 aromatic heterocycles. The summed E-state index contributed by atoms with van der Waals surface area (Å²) in [7, 11) is 0. The Labute approximate surface area is 224 Å². The third-order valence-corrected chi connectivity index (χ3v) is 9.79. The van der Waals surface area contributed by atoms with Crippen molar-refractivity contribution in [3.8, 4) is 0 Å². The molecule has 0 unspecified atom stereocenters. The third-order valence-electron chi connectivity index (χ3n) is 9.79. The summed E-state index contributed by atoms with van der Waals surface area (Å²) in [6.45, 7) is 8.21. The van der Waals surface area contributed by atoms with Crippen molar-refractivity contribution < 1.29 is 38.2 Å². The van der Waals surface area contributed by atoms with Gasteiger partial charge in [-0.15, -0.1) is 0 Å². The molecule has 3 fully saturated rings. The lowest BCUT2D eigenvalue weighted by Gasteiger charge is -2.60. The van der Waals surface area contributed by atoms with Crippen molar-refractivity contribution in [3.05, 3.63) is 23.8 Å². The number of fused-ring (bicyclic) bond motifs is 5. The van der Waals surface area contributed by atoms with Gasteiger partial charge in [-0.05, 0) is 62.5 Å². The van der Waals surface area contributed by atoms with Gasteiger partial charge >= 0.3 is 17.9 Å². The number of unbranched alkanes of at least 4 members (excludes halogenated alkanes) is 1. The lowest BCUT2D eigenvalue weighted by molar-refractivity contribution is -0.206. The molecule has 7 atom stereocenters. The molecule has 4 aliphatic carbocycles. The van der Waals surface area contributed by atoms with Crippen molar-refractivity contribution in [1.29, 1.82) is 0 Å². The lowest BCUT2D eigenvalue weighted by atomic mass is 9.46. The van der Waals surface area contributed by atoms with Gasteiger partial charge in [0, 0.05) is 37.0 Å². The van der Waals surface area contributed by atoms with E-state index in [1.54, 1.807) is 12.2 Å². The van der Waals surface area contributed by atoms with E-state index in [1.165, 1.54) is 13.8 Å². The van der Waals surface area contributed by atoms with E-state index in [-0.39, 0.29) is 30.0 Å². The quantitative estimate of drug-likeness (QED) is 0.336. The van der Waals surface area contributed by atoms with Crippen LogP contribution in [0.2, 0.25) is 0 Å². The number of allylic oxidation sites excluding steroid dienone is 4. The Bertz CT molecular complexity index is 1090. The van der Waals surface area contributed by atoms with Gasteiger partial charge in [-0.2, -0.15) is 0 Å². The largest absolute Gasteiger partial charge is 0.462 e. The van der Waals surface area contributed by atoms with Crippen LogP contribution in [0, 0.1) is 28.6 Å². The normalized spacial score (nSPS) is 37.3. The Morgan fingerprint density at radius 1 is 1.08 bits per heavy atom. The molecule has 0 radical (unpaired) electrons. The van der Waals surface area contributed by atoms with Crippen LogP contribution < -0.4 is 0 Å². The first-order valence-corrected chi connectivity index (χ1v) is 13.9. The number of esters is 3. The second-order valence-electron chi connectivity index (χ2n) is 11.9. The van der Waals surface area contributed by atoms with Crippen LogP contribution in [0.25, 0.3) is 0 Å². The van der Waals surface area contributed by atoms with Gasteiger partial charge in [0.2, 0.25) is 5.78 Å². The molecule has 3 saturated carbocycles. The molecular weight excluding hydrogens is 488 g/mol. The summed E-state index contributed by atoms with van der Waals surface area (Å²) < 4.78 is 17.3. The van der Waals surface area contributed by atoms with Crippen molar-refractivity contribution >= 4 is 29.5 Å². The number of hydrogen-bond acceptors (Lipinski definition) is 8. The van der Waals surface area contributed by atoms with Gasteiger partial charge in [-0.1, -0.05) is 38.8 Å². The molecule has 0 amide bonds. The Morgan fingerprint density at radius 2 is 1.82 bits per heavy atom. The predicted molar refractivity (Wildman–Crippen MR) is 138 cm³/mol. The van der Waals surface area contributed by atoms with Crippen molar-refractivity contribution in [2.24, 2.45) is 28.6 Å². The van der Waals surface area contributed by atoms with Gasteiger partial charge in [-0.25, -0.2) is 0 Å². The molecule has 0 bridgehead atoms. The molecule has 0 spiro atoms. The topological polar surface area (TPSA) is 113 Å². The molecule has 0 aliphatic heterocycles. The fourth-order valence-corrected chi connectivity index (χ4v) is 8.13. The Hall–Kier alpha value is -2.77. The van der Waals surface area contributed by atoms with Crippen LogP contribution in [-0.2, 0) is 38.2 Å². The molecule has 4 rings (SSSR count). The Morgan fingerprint density at radius 3 is 2.47 bits per heavy atom. The van der Waals surface area contributed by atoms with Gasteiger partial charge in [0.1, 0.15) is 6.10 Å². The first-order valence-electron chi connectivity index (χ1n) is 13.9. The van der Waals surface area contributed by atoms with E-state index >= 15 is 0 Å². The number of ether oxygens (including phenoxy) is 3. The minimum Gasteiger partial charge on any atom is -0.462 e. The summed E-state index contributed by atoms with van der Waals surface area (Å²) in [4.78, 5) is 63.0. The van der Waals surface area contributed by atoms with Gasteiger partial charge in [0.05, 0.1) is 0 Å². The molecule has 8 heteroatoms. The smallest absolute Gasteiger partial charge is 0.306 e. The van der Waals surface area contributed by atoms with E-state index in [0.29, 0.717) is 25.7 Å². The van der Waals surface area contributed by atoms with Crippen LogP contribution in [0.4, 0.5) is 0 Å². The fourth-order valence-electron chi connectivity index (χ4n) is 8.13. The van der Waals surface area contributed by atoms with E-state index in [9.17, 15) is 24.0 Å². The summed E-state index contributed by atoms with van der Waals surface area (Å²) in [5.74, 6) is -1.87. The van der Waals surface area contributed by atoms with E-state index in [1.807, 2.05) is 19.9 Å². The molecule has 208 valence electrons. The van der Waals surface area contributed by atoms with Crippen LogP contribution in [0.3, 0.4) is 0 Å². The van der Waals surface area contributed by atoms with Gasteiger partial charge < -0.3 is 14.2 Å². The zero-order valence-corrected chi connectivity index (χ0v) is 23.2. The van der Waals surface area contributed by atoms with E-state index in [4.69, 9.17) is 14.2 Å². The zero-order valence-electron chi connectivity index (χ0n) is 23.2. The van der Waals surface area contributed by atoms with Crippen molar-refractivity contribution in [3.63, 3.8) is 0 Å². The zero-order chi connectivity index (χ0) is 27.9. The molecule has 0 N–H and O–H groups in total. The summed E-state index contributed by atoms with van der Waals surface area (Å²) in [6.07, 6.45) is 9.22. The van der Waals surface area contributed by atoms with E-state index < -0.39 is 52.8 Å². The highest BCUT2D eigenvalue weighted by molar-refractivity contribution is 6.01. The van der Waals surface area contributed by atoms with Crippen LogP contribution in [0.15, 0.2) is 23.8 Å². The second kappa shape index (κ2) is 10.4. The monoisotopic (exact) mass is 528 g/mol. The maximum absolute atomic E-state index is 13.8. The van der Waals surface area contributed by atoms with E-state index in [2.05, 4.69) is 6.92 Å². The predicted octanol–water partition coefficient (Wildman–Crippen LogP) is 4.44. The van der Waals surface area contributed by atoms with Crippen LogP contribution in [0.5, 0.6) is 0 Å². The standard InChI is InChI=1S/C30H40O8/c1-6-7-8-26(35)38-30(25(34)17-36-18(2)31)14-12-23-22-10-9-20-15-21(33)11-13-28(20,4)27(22)24(37-19(3)32)16-29(23,30)5/h11,13,15,22-24,27H,6-10,12,14,16-17H2,1-5H3/t22-,23-,24-,27+,28-,29-,30-/m0/s1. The van der Waals surface area contributed by atoms with Crippen molar-refractivity contribution in [2.75, 3.05) is 6.61 Å². The average molecular weight is 529 g/mol. The number of ketones is 2. The van der Waals surface area contributed by atoms with Gasteiger partial charge in [0.25, 0.3) is 0 Å². The highest BCUT2D eigenvalue weighted by Crippen LogP contribution is 2.68. The SMILES string of the molecule is CCCCC(=O)O[C@]1(C(=O)COC(C)=O)CC[C@H]2[C@@H]3CCC4=CC(=O)C=C[C@]4(C)[C@H]3[C@@H](OC(C)=O)C[C@@]21C. The molecule has 0 saturated heterocycles. The molecule has 8 nitrogen and oxygen atoms in total. The molecule has 38 heavy (non-hydrogen) atoms. The van der Waals surface area contributed by atoms with E-state index in [0.717, 1.165) is 24.8 Å². The molecule has 0 heterocycles. The fraction of sp³-hybridized carbons (Fsp3) is 0.700. The Kier molecular flexibility index (Phi) is 7.74. The summed E-state index contributed by atoms with van der Waals surface area (Å²) in [5.41, 5.74) is -1.70. The van der Waals surface area contributed by atoms with Crippen LogP contribution in [-0.4, -0.2) is 47.8 Å². The number of carbonyl (C=O) groups is 5.